The van der Waals surface area contributed by atoms with E-state index < -0.39 is 5.97 Å². The van der Waals surface area contributed by atoms with Gasteiger partial charge in [0.1, 0.15) is 13.2 Å². The van der Waals surface area contributed by atoms with Crippen LogP contribution in [-0.4, -0.2) is 38.0 Å². The van der Waals surface area contributed by atoms with E-state index in [1.807, 2.05) is 31.2 Å². The number of methoxy groups -OCH3 is 1. The molecule has 6 nitrogen and oxygen atoms in total. The van der Waals surface area contributed by atoms with Crippen LogP contribution in [-0.2, 0) is 0 Å². The van der Waals surface area contributed by atoms with Crippen molar-refractivity contribution in [2.24, 2.45) is 0 Å². The van der Waals surface area contributed by atoms with E-state index in [0.29, 0.717) is 36.2 Å². The van der Waals surface area contributed by atoms with Crippen molar-refractivity contribution in [2.45, 2.75) is 6.92 Å². The van der Waals surface area contributed by atoms with Gasteiger partial charge in [0.25, 0.3) is 0 Å². The van der Waals surface area contributed by atoms with Crippen molar-refractivity contribution < 1.29 is 28.8 Å². The summed E-state index contributed by atoms with van der Waals surface area (Å²) in [5, 5.41) is 8.98. The van der Waals surface area contributed by atoms with Gasteiger partial charge in [-0.15, -0.1) is 0 Å². The summed E-state index contributed by atoms with van der Waals surface area (Å²) in [5.74, 6) is 1.14. The van der Waals surface area contributed by atoms with Crippen LogP contribution in [0.25, 0.3) is 0 Å². The molecule has 0 fully saturated rings. The lowest BCUT2D eigenvalue weighted by Crippen LogP contribution is -2.10. The molecule has 0 radical (unpaired) electrons. The van der Waals surface area contributed by atoms with Crippen LogP contribution in [0.1, 0.15) is 17.3 Å². The topological polar surface area (TPSA) is 74.2 Å². The summed E-state index contributed by atoms with van der Waals surface area (Å²) in [5.41, 5.74) is 0.140. The molecule has 0 amide bonds. The Morgan fingerprint density at radius 3 is 2.04 bits per heavy atom. The highest BCUT2D eigenvalue weighted by Gasteiger charge is 2.10. The predicted octanol–water partition coefficient (Wildman–Crippen LogP) is 3.25. The van der Waals surface area contributed by atoms with Crippen LogP contribution in [0, 0.1) is 0 Å². The highest BCUT2D eigenvalue weighted by Crippen LogP contribution is 2.29. The smallest absolute Gasteiger partial charge is 0.335 e. The van der Waals surface area contributed by atoms with E-state index in [1.165, 1.54) is 19.2 Å². The highest BCUT2D eigenvalue weighted by molar-refractivity contribution is 5.88. The maximum absolute atomic E-state index is 11.0. The zero-order valence-corrected chi connectivity index (χ0v) is 13.7. The number of rotatable bonds is 9. The van der Waals surface area contributed by atoms with Gasteiger partial charge in [-0.3, -0.25) is 0 Å². The fraction of sp³-hybridized carbons (Fsp3) is 0.278. The summed E-state index contributed by atoms with van der Waals surface area (Å²) in [4.78, 5) is 11.0. The van der Waals surface area contributed by atoms with Crippen LogP contribution >= 0.6 is 0 Å². The number of hydrogen-bond donors (Lipinski definition) is 1. The first-order chi connectivity index (χ1) is 11.7. The van der Waals surface area contributed by atoms with Crippen molar-refractivity contribution >= 4 is 5.97 Å². The Kier molecular flexibility index (Phi) is 6.31. The molecule has 0 atom stereocenters. The molecule has 0 saturated carbocycles. The number of hydrogen-bond acceptors (Lipinski definition) is 5. The quantitative estimate of drug-likeness (QED) is 0.711. The molecule has 0 aliphatic heterocycles. The van der Waals surface area contributed by atoms with Crippen LogP contribution < -0.4 is 18.9 Å². The Morgan fingerprint density at radius 2 is 1.50 bits per heavy atom. The molecule has 2 rings (SSSR count). The Balaban J connectivity index is 1.92. The first-order valence-corrected chi connectivity index (χ1v) is 7.54. The third kappa shape index (κ3) is 4.55. The molecule has 1 N–H and O–H groups in total. The van der Waals surface area contributed by atoms with Crippen molar-refractivity contribution in [1.82, 2.24) is 0 Å². The van der Waals surface area contributed by atoms with Crippen LogP contribution in [0.5, 0.6) is 23.0 Å². The maximum Gasteiger partial charge on any atom is 0.335 e. The van der Waals surface area contributed by atoms with E-state index >= 15 is 0 Å². The lowest BCUT2D eigenvalue weighted by atomic mass is 10.2. The minimum Gasteiger partial charge on any atom is -0.493 e. The van der Waals surface area contributed by atoms with E-state index in [2.05, 4.69) is 0 Å². The van der Waals surface area contributed by atoms with Crippen LogP contribution in [0.4, 0.5) is 0 Å². The third-order valence-electron chi connectivity index (χ3n) is 3.16. The number of carbonyl (C=O) groups is 1. The second-order valence-corrected chi connectivity index (χ2v) is 4.75. The van der Waals surface area contributed by atoms with E-state index in [0.717, 1.165) is 0 Å². The molecule has 0 heterocycles. The molecule has 0 saturated heterocycles. The van der Waals surface area contributed by atoms with Crippen molar-refractivity contribution in [3.8, 4) is 23.0 Å². The van der Waals surface area contributed by atoms with Gasteiger partial charge in [-0.1, -0.05) is 12.1 Å². The fourth-order valence-electron chi connectivity index (χ4n) is 2.07. The summed E-state index contributed by atoms with van der Waals surface area (Å²) < 4.78 is 21.9. The summed E-state index contributed by atoms with van der Waals surface area (Å²) in [7, 11) is 1.46. The molecule has 2 aromatic rings. The van der Waals surface area contributed by atoms with Gasteiger partial charge >= 0.3 is 5.97 Å². The highest BCUT2D eigenvalue weighted by atomic mass is 16.5. The molecule has 0 aromatic heterocycles. The van der Waals surface area contributed by atoms with Crippen molar-refractivity contribution in [2.75, 3.05) is 26.9 Å². The molecule has 24 heavy (non-hydrogen) atoms. The zero-order chi connectivity index (χ0) is 17.4. The van der Waals surface area contributed by atoms with Crippen LogP contribution in [0.15, 0.2) is 42.5 Å². The number of para-hydroxylation sites is 2. The van der Waals surface area contributed by atoms with Gasteiger partial charge in [0, 0.05) is 0 Å². The van der Waals surface area contributed by atoms with Gasteiger partial charge in [0.15, 0.2) is 23.0 Å². The number of aromatic carboxylic acids is 1. The second-order valence-electron chi connectivity index (χ2n) is 4.75. The molecule has 0 unspecified atom stereocenters. The molecular weight excluding hydrogens is 312 g/mol. The van der Waals surface area contributed by atoms with E-state index in [1.54, 1.807) is 6.07 Å². The van der Waals surface area contributed by atoms with E-state index in [-0.39, 0.29) is 12.2 Å². The molecule has 0 bridgehead atoms. The molecule has 0 aliphatic rings. The lowest BCUT2D eigenvalue weighted by molar-refractivity contribution is 0.0696. The Morgan fingerprint density at radius 1 is 0.917 bits per heavy atom. The normalized spacial score (nSPS) is 10.1. The van der Waals surface area contributed by atoms with Gasteiger partial charge in [-0.2, -0.15) is 0 Å². The number of carboxylic acid groups (broad SMARTS) is 1. The summed E-state index contributed by atoms with van der Waals surface area (Å²) in [6, 6.07) is 11.9. The molecular formula is C18H20O6. The average molecular weight is 332 g/mol. The van der Waals surface area contributed by atoms with Gasteiger partial charge < -0.3 is 24.1 Å². The number of carboxylic acids is 1. The molecule has 6 heteroatoms. The Bertz CT molecular complexity index is 683. The van der Waals surface area contributed by atoms with Crippen molar-refractivity contribution in [1.29, 1.82) is 0 Å². The van der Waals surface area contributed by atoms with Gasteiger partial charge in [-0.25, -0.2) is 4.79 Å². The molecule has 0 spiro atoms. The second kappa shape index (κ2) is 8.67. The summed E-state index contributed by atoms with van der Waals surface area (Å²) in [6.45, 7) is 3.06. The predicted molar refractivity (Wildman–Crippen MR) is 88.6 cm³/mol. The maximum atomic E-state index is 11.0. The number of benzene rings is 2. The summed E-state index contributed by atoms with van der Waals surface area (Å²) in [6.07, 6.45) is 0. The van der Waals surface area contributed by atoms with E-state index in [9.17, 15) is 4.79 Å². The standard InChI is InChI=1S/C18H20O6/c1-3-22-14-6-4-5-7-15(14)23-10-11-24-16-9-8-13(18(19)20)12-17(16)21-2/h4-9,12H,3,10-11H2,1-2H3,(H,19,20). The largest absolute Gasteiger partial charge is 0.493 e. The Hall–Kier alpha value is -2.89. The average Bonchev–Trinajstić information content (AvgIpc) is 2.60. The third-order valence-corrected chi connectivity index (χ3v) is 3.16. The first-order valence-electron chi connectivity index (χ1n) is 7.54. The summed E-state index contributed by atoms with van der Waals surface area (Å²) >= 11 is 0. The molecule has 2 aromatic carbocycles. The minimum atomic E-state index is -1.02. The number of ether oxygens (including phenoxy) is 4. The molecule has 128 valence electrons. The lowest BCUT2D eigenvalue weighted by Gasteiger charge is -2.13. The monoisotopic (exact) mass is 332 g/mol. The molecule has 0 aliphatic carbocycles. The van der Waals surface area contributed by atoms with Crippen molar-refractivity contribution in [3.63, 3.8) is 0 Å². The first kappa shape index (κ1) is 17.5. The fourth-order valence-corrected chi connectivity index (χ4v) is 2.07. The van der Waals surface area contributed by atoms with Crippen LogP contribution in [0.3, 0.4) is 0 Å². The SMILES string of the molecule is CCOc1ccccc1OCCOc1ccc(C(=O)O)cc1OC. The van der Waals surface area contributed by atoms with Gasteiger partial charge in [-0.05, 0) is 37.3 Å². The minimum absolute atomic E-state index is 0.140. The zero-order valence-electron chi connectivity index (χ0n) is 13.7. The van der Waals surface area contributed by atoms with E-state index in [4.69, 9.17) is 24.1 Å². The van der Waals surface area contributed by atoms with Crippen molar-refractivity contribution in [3.05, 3.63) is 48.0 Å². The van der Waals surface area contributed by atoms with Crippen LogP contribution in [0.2, 0.25) is 0 Å². The van der Waals surface area contributed by atoms with Gasteiger partial charge in [0.05, 0.1) is 19.3 Å². The Labute approximate surface area is 140 Å². The van der Waals surface area contributed by atoms with Gasteiger partial charge in [0.2, 0.25) is 0 Å².